The number of ether oxygens (including phenoxy) is 1. The number of aryl methyl sites for hydroxylation is 1. The van der Waals surface area contributed by atoms with E-state index in [9.17, 15) is 14.4 Å². The minimum absolute atomic E-state index is 0.0997. The number of anilines is 1. The summed E-state index contributed by atoms with van der Waals surface area (Å²) in [6.45, 7) is 0. The van der Waals surface area contributed by atoms with Crippen LogP contribution in [0.3, 0.4) is 0 Å². The maximum Gasteiger partial charge on any atom is 0.270 e. The third-order valence-electron chi connectivity index (χ3n) is 5.33. The van der Waals surface area contributed by atoms with Gasteiger partial charge in [0.05, 0.1) is 26.9 Å². The van der Waals surface area contributed by atoms with Gasteiger partial charge in [0.15, 0.2) is 5.75 Å². The molecule has 0 atom stereocenters. The lowest BCUT2D eigenvalue weighted by atomic mass is 10.1. The van der Waals surface area contributed by atoms with Crippen LogP contribution in [0.1, 0.15) is 45.0 Å². The predicted molar refractivity (Wildman–Crippen MR) is 116 cm³/mol. The summed E-state index contributed by atoms with van der Waals surface area (Å²) >= 11 is 12.8. The van der Waals surface area contributed by atoms with E-state index >= 15 is 0 Å². The molecule has 1 fully saturated rings. The maximum absolute atomic E-state index is 12.7. The Morgan fingerprint density at radius 3 is 2.10 bits per heavy atom. The number of imide groups is 1. The quantitative estimate of drug-likeness (QED) is 0.538. The minimum Gasteiger partial charge on any atom is -0.434 e. The average Bonchev–Trinajstić information content (AvgIpc) is 3.54. The lowest BCUT2D eigenvalue weighted by Crippen LogP contribution is -2.29. The molecule has 7 nitrogen and oxygen atoms in total. The van der Waals surface area contributed by atoms with E-state index < -0.39 is 11.8 Å². The summed E-state index contributed by atoms with van der Waals surface area (Å²) in [6.07, 6.45) is 1.91. The molecule has 2 aliphatic rings. The molecule has 2 heterocycles. The van der Waals surface area contributed by atoms with Crippen molar-refractivity contribution in [2.24, 2.45) is 7.05 Å². The van der Waals surface area contributed by atoms with Gasteiger partial charge in [0.1, 0.15) is 0 Å². The van der Waals surface area contributed by atoms with Crippen LogP contribution in [0, 0.1) is 0 Å². The standard InChI is InChI=1S/C22H15Cl2N3O4/c1-26-20(28)15(11-6-7-11)10-18(25-26)31-19-16(23)8-12(9-17(19)24)27-21(29)13-4-2-3-5-14(13)22(27)30/h2-5,8-11H,6-7H2,1H3. The third-order valence-corrected chi connectivity index (χ3v) is 5.89. The minimum atomic E-state index is -0.449. The van der Waals surface area contributed by atoms with Gasteiger partial charge in [0.25, 0.3) is 17.4 Å². The third kappa shape index (κ3) is 3.30. The predicted octanol–water partition coefficient (Wildman–Crippen LogP) is 4.56. The Morgan fingerprint density at radius 2 is 1.55 bits per heavy atom. The van der Waals surface area contributed by atoms with Gasteiger partial charge in [-0.25, -0.2) is 9.58 Å². The second-order valence-electron chi connectivity index (χ2n) is 7.47. The molecule has 1 aliphatic carbocycles. The zero-order valence-electron chi connectivity index (χ0n) is 16.3. The average molecular weight is 456 g/mol. The fraction of sp³-hybridized carbons (Fsp3) is 0.182. The number of hydrogen-bond acceptors (Lipinski definition) is 5. The lowest BCUT2D eigenvalue weighted by Gasteiger charge is -2.17. The largest absolute Gasteiger partial charge is 0.434 e. The van der Waals surface area contributed by atoms with Crippen molar-refractivity contribution >= 4 is 40.7 Å². The van der Waals surface area contributed by atoms with Gasteiger partial charge in [-0.2, -0.15) is 0 Å². The smallest absolute Gasteiger partial charge is 0.270 e. The number of carbonyl (C=O) groups excluding carboxylic acids is 2. The molecule has 0 spiro atoms. The molecule has 1 aliphatic heterocycles. The summed E-state index contributed by atoms with van der Waals surface area (Å²) in [7, 11) is 1.55. The monoisotopic (exact) mass is 455 g/mol. The summed E-state index contributed by atoms with van der Waals surface area (Å²) in [5.41, 5.74) is 1.36. The van der Waals surface area contributed by atoms with Gasteiger partial charge in [-0.1, -0.05) is 35.3 Å². The second kappa shape index (κ2) is 7.21. The van der Waals surface area contributed by atoms with Crippen LogP contribution >= 0.6 is 23.2 Å². The first kappa shape index (κ1) is 19.8. The molecule has 0 saturated heterocycles. The summed E-state index contributed by atoms with van der Waals surface area (Å²) in [6, 6.07) is 11.1. The van der Waals surface area contributed by atoms with Crippen LogP contribution < -0.4 is 15.2 Å². The summed E-state index contributed by atoms with van der Waals surface area (Å²) in [5, 5.41) is 4.32. The number of nitrogens with zero attached hydrogens (tertiary/aromatic N) is 3. The fourth-order valence-electron chi connectivity index (χ4n) is 3.64. The van der Waals surface area contributed by atoms with E-state index in [1.807, 2.05) is 0 Å². The highest BCUT2D eigenvalue weighted by Crippen LogP contribution is 2.42. The first-order valence-electron chi connectivity index (χ1n) is 9.58. The van der Waals surface area contributed by atoms with Crippen molar-refractivity contribution in [2.75, 3.05) is 4.90 Å². The van der Waals surface area contributed by atoms with E-state index in [-0.39, 0.29) is 38.8 Å². The topological polar surface area (TPSA) is 81.5 Å². The van der Waals surface area contributed by atoms with Crippen molar-refractivity contribution < 1.29 is 14.3 Å². The SMILES string of the molecule is Cn1nc(Oc2c(Cl)cc(N3C(=O)c4ccccc4C3=O)cc2Cl)cc(C2CC2)c1=O. The molecule has 1 saturated carbocycles. The molecule has 9 heteroatoms. The zero-order valence-corrected chi connectivity index (χ0v) is 17.8. The number of rotatable bonds is 4. The number of carbonyl (C=O) groups is 2. The first-order valence-corrected chi connectivity index (χ1v) is 10.3. The number of amides is 2. The van der Waals surface area contributed by atoms with Crippen molar-refractivity contribution in [1.29, 1.82) is 0 Å². The van der Waals surface area contributed by atoms with Gasteiger partial charge in [-0.05, 0) is 43.0 Å². The van der Waals surface area contributed by atoms with E-state index in [2.05, 4.69) is 5.10 Å². The van der Waals surface area contributed by atoms with Gasteiger partial charge in [0.2, 0.25) is 5.88 Å². The highest BCUT2D eigenvalue weighted by Gasteiger charge is 2.37. The van der Waals surface area contributed by atoms with Crippen molar-refractivity contribution in [3.63, 3.8) is 0 Å². The first-order chi connectivity index (χ1) is 14.8. The lowest BCUT2D eigenvalue weighted by molar-refractivity contribution is 0.0926. The molecular weight excluding hydrogens is 441 g/mol. The van der Waals surface area contributed by atoms with Crippen LogP contribution in [-0.4, -0.2) is 21.6 Å². The van der Waals surface area contributed by atoms with Crippen molar-refractivity contribution in [3.8, 4) is 11.6 Å². The summed E-state index contributed by atoms with van der Waals surface area (Å²) < 4.78 is 7.02. The Labute approximate surface area is 186 Å². The summed E-state index contributed by atoms with van der Waals surface area (Å²) in [5.74, 6) is -0.380. The molecule has 0 N–H and O–H groups in total. The Hall–Kier alpha value is -3.16. The Kier molecular flexibility index (Phi) is 4.60. The van der Waals surface area contributed by atoms with Crippen LogP contribution in [0.25, 0.3) is 0 Å². The Morgan fingerprint density at radius 1 is 0.968 bits per heavy atom. The molecule has 0 unspecified atom stereocenters. The van der Waals surface area contributed by atoms with E-state index in [4.69, 9.17) is 27.9 Å². The Bertz CT molecular complexity index is 1270. The molecule has 5 rings (SSSR count). The van der Waals surface area contributed by atoms with Gasteiger partial charge in [0, 0.05) is 18.7 Å². The van der Waals surface area contributed by atoms with E-state index in [1.165, 1.54) is 16.8 Å². The van der Waals surface area contributed by atoms with Crippen LogP contribution in [0.5, 0.6) is 11.6 Å². The highest BCUT2D eigenvalue weighted by molar-refractivity contribution is 6.39. The van der Waals surface area contributed by atoms with Crippen molar-refractivity contribution in [3.05, 3.63) is 79.6 Å². The van der Waals surface area contributed by atoms with Crippen molar-refractivity contribution in [2.45, 2.75) is 18.8 Å². The van der Waals surface area contributed by atoms with Crippen molar-refractivity contribution in [1.82, 2.24) is 9.78 Å². The number of aromatic nitrogens is 2. The molecular formula is C22H15Cl2N3O4. The number of halogens is 2. The number of benzene rings is 2. The summed E-state index contributed by atoms with van der Waals surface area (Å²) in [4.78, 5) is 38.7. The Balaban J connectivity index is 1.49. The van der Waals surface area contributed by atoms with E-state index in [0.29, 0.717) is 16.7 Å². The van der Waals surface area contributed by atoms with Gasteiger partial charge < -0.3 is 4.74 Å². The van der Waals surface area contributed by atoms with E-state index in [1.54, 1.807) is 37.4 Å². The molecule has 0 bridgehead atoms. The normalized spacial score (nSPS) is 15.4. The number of fused-ring (bicyclic) bond motifs is 1. The second-order valence-corrected chi connectivity index (χ2v) is 8.29. The van der Waals surface area contributed by atoms with Gasteiger partial charge in [-0.15, -0.1) is 5.10 Å². The van der Waals surface area contributed by atoms with Gasteiger partial charge >= 0.3 is 0 Å². The maximum atomic E-state index is 12.7. The molecule has 1 aromatic heterocycles. The molecule has 0 radical (unpaired) electrons. The molecule has 156 valence electrons. The van der Waals surface area contributed by atoms with E-state index in [0.717, 1.165) is 17.7 Å². The van der Waals surface area contributed by atoms with Gasteiger partial charge in [-0.3, -0.25) is 14.4 Å². The fourth-order valence-corrected chi connectivity index (χ4v) is 4.19. The van der Waals surface area contributed by atoms with Crippen LogP contribution in [0.2, 0.25) is 10.0 Å². The number of hydrogen-bond donors (Lipinski definition) is 0. The molecule has 2 aromatic carbocycles. The van der Waals surface area contributed by atoms with Crippen LogP contribution in [0.4, 0.5) is 5.69 Å². The zero-order chi connectivity index (χ0) is 21.9. The molecule has 2 amide bonds. The molecule has 31 heavy (non-hydrogen) atoms. The van der Waals surface area contributed by atoms with Crippen LogP contribution in [0.15, 0.2) is 47.3 Å². The van der Waals surface area contributed by atoms with Crippen LogP contribution in [-0.2, 0) is 7.05 Å². The molecule has 3 aromatic rings. The highest BCUT2D eigenvalue weighted by atomic mass is 35.5.